The highest BCUT2D eigenvalue weighted by Gasteiger charge is 2.15. The van der Waals surface area contributed by atoms with E-state index in [0.29, 0.717) is 6.04 Å². The molecule has 0 saturated heterocycles. The molecule has 72 valence electrons. The Labute approximate surface area is 74.9 Å². The van der Waals surface area contributed by atoms with Crippen molar-refractivity contribution in [1.82, 2.24) is 10.6 Å². The van der Waals surface area contributed by atoms with Crippen molar-refractivity contribution in [2.75, 3.05) is 7.05 Å². The molecule has 0 atom stereocenters. The zero-order chi connectivity index (χ0) is 9.40. The van der Waals surface area contributed by atoms with Crippen LogP contribution in [-0.4, -0.2) is 19.1 Å². The Kier molecular flexibility index (Phi) is 6.53. The molecule has 2 N–H and O–H groups in total. The van der Waals surface area contributed by atoms with E-state index in [9.17, 15) is 4.79 Å². The lowest BCUT2D eigenvalue weighted by Crippen LogP contribution is -2.38. The minimum Gasteiger partial charge on any atom is -0.341 e. The van der Waals surface area contributed by atoms with Crippen LogP contribution in [0.4, 0.5) is 4.79 Å². The van der Waals surface area contributed by atoms with E-state index in [2.05, 4.69) is 10.6 Å². The number of hydrogen-bond donors (Lipinski definition) is 2. The van der Waals surface area contributed by atoms with E-state index < -0.39 is 0 Å². The van der Waals surface area contributed by atoms with Gasteiger partial charge >= 0.3 is 6.03 Å². The molecule has 0 unspecified atom stereocenters. The second-order valence-electron chi connectivity index (χ2n) is 2.70. The maximum atomic E-state index is 10.7. The summed E-state index contributed by atoms with van der Waals surface area (Å²) in [7, 11) is 1.64. The molecule has 0 bridgehead atoms. The second-order valence-corrected chi connectivity index (χ2v) is 2.70. The lowest BCUT2D eigenvalue weighted by Gasteiger charge is -2.10. The number of hydrogen-bond acceptors (Lipinski definition) is 1. The largest absolute Gasteiger partial charge is 0.341 e. The van der Waals surface area contributed by atoms with Gasteiger partial charge in [-0.1, -0.05) is 26.7 Å². The minimum atomic E-state index is -0.0492. The van der Waals surface area contributed by atoms with Crippen molar-refractivity contribution in [1.29, 1.82) is 0 Å². The second kappa shape index (κ2) is 6.95. The van der Waals surface area contributed by atoms with E-state index in [0.717, 1.165) is 12.8 Å². The van der Waals surface area contributed by atoms with E-state index in [-0.39, 0.29) is 6.03 Å². The predicted molar refractivity (Wildman–Crippen MR) is 51.2 cm³/mol. The Balaban J connectivity index is 0.000000561. The van der Waals surface area contributed by atoms with Crippen LogP contribution < -0.4 is 10.6 Å². The van der Waals surface area contributed by atoms with Crippen molar-refractivity contribution >= 4 is 6.03 Å². The van der Waals surface area contributed by atoms with Gasteiger partial charge in [0.2, 0.25) is 0 Å². The van der Waals surface area contributed by atoms with Gasteiger partial charge in [-0.25, -0.2) is 4.79 Å². The normalized spacial score (nSPS) is 16.2. The molecule has 1 rings (SSSR count). The third-order valence-electron chi connectivity index (χ3n) is 1.92. The van der Waals surface area contributed by atoms with E-state index in [1.54, 1.807) is 7.05 Å². The van der Waals surface area contributed by atoms with E-state index in [4.69, 9.17) is 0 Å². The van der Waals surface area contributed by atoms with Crippen LogP contribution in [0.2, 0.25) is 0 Å². The molecule has 0 aromatic rings. The molecule has 12 heavy (non-hydrogen) atoms. The van der Waals surface area contributed by atoms with E-state index >= 15 is 0 Å². The smallest absolute Gasteiger partial charge is 0.314 e. The van der Waals surface area contributed by atoms with Crippen molar-refractivity contribution in [3.05, 3.63) is 0 Å². The Morgan fingerprint density at radius 3 is 2.17 bits per heavy atom. The van der Waals surface area contributed by atoms with Crippen LogP contribution in [0.1, 0.15) is 39.5 Å². The van der Waals surface area contributed by atoms with Gasteiger partial charge in [0.15, 0.2) is 0 Å². The van der Waals surface area contributed by atoms with Crippen LogP contribution in [0, 0.1) is 0 Å². The van der Waals surface area contributed by atoms with Gasteiger partial charge in [-0.15, -0.1) is 0 Å². The fourth-order valence-corrected chi connectivity index (χ4v) is 1.33. The average Bonchev–Trinajstić information content (AvgIpc) is 2.60. The molecule has 1 aliphatic carbocycles. The molecule has 3 nitrogen and oxygen atoms in total. The van der Waals surface area contributed by atoms with Gasteiger partial charge in [0.05, 0.1) is 0 Å². The quantitative estimate of drug-likeness (QED) is 0.623. The van der Waals surface area contributed by atoms with Gasteiger partial charge in [0, 0.05) is 13.1 Å². The Morgan fingerprint density at radius 2 is 1.75 bits per heavy atom. The van der Waals surface area contributed by atoms with Gasteiger partial charge in [-0.3, -0.25) is 0 Å². The van der Waals surface area contributed by atoms with Gasteiger partial charge in [0.1, 0.15) is 0 Å². The summed E-state index contributed by atoms with van der Waals surface area (Å²) in [5.74, 6) is 0. The summed E-state index contributed by atoms with van der Waals surface area (Å²) in [6.45, 7) is 4.00. The summed E-state index contributed by atoms with van der Waals surface area (Å²) >= 11 is 0. The number of amides is 2. The summed E-state index contributed by atoms with van der Waals surface area (Å²) in [6, 6.07) is 0.381. The number of nitrogens with one attached hydrogen (secondary N) is 2. The summed E-state index contributed by atoms with van der Waals surface area (Å²) in [5.41, 5.74) is 0. The minimum absolute atomic E-state index is 0.0492. The topological polar surface area (TPSA) is 41.1 Å². The summed E-state index contributed by atoms with van der Waals surface area (Å²) in [4.78, 5) is 10.7. The highest BCUT2D eigenvalue weighted by molar-refractivity contribution is 5.73. The number of carbonyl (C=O) groups excluding carboxylic acids is 1. The van der Waals surface area contributed by atoms with Crippen LogP contribution in [0.3, 0.4) is 0 Å². The fourth-order valence-electron chi connectivity index (χ4n) is 1.33. The molecule has 1 fully saturated rings. The van der Waals surface area contributed by atoms with Crippen molar-refractivity contribution in [2.24, 2.45) is 0 Å². The number of carbonyl (C=O) groups is 1. The molecule has 0 spiro atoms. The maximum absolute atomic E-state index is 10.7. The monoisotopic (exact) mass is 172 g/mol. The lowest BCUT2D eigenvalue weighted by atomic mass is 10.3. The van der Waals surface area contributed by atoms with Crippen LogP contribution in [-0.2, 0) is 0 Å². The number of rotatable bonds is 1. The van der Waals surface area contributed by atoms with E-state index in [1.165, 1.54) is 12.8 Å². The first-order chi connectivity index (χ1) is 5.83. The number of urea groups is 1. The van der Waals surface area contributed by atoms with Crippen molar-refractivity contribution in [3.8, 4) is 0 Å². The van der Waals surface area contributed by atoms with Gasteiger partial charge in [0.25, 0.3) is 0 Å². The molecule has 2 amide bonds. The van der Waals surface area contributed by atoms with Crippen LogP contribution in [0.25, 0.3) is 0 Å². The first kappa shape index (κ1) is 11.3. The van der Waals surface area contributed by atoms with Gasteiger partial charge in [-0.05, 0) is 12.8 Å². The summed E-state index contributed by atoms with van der Waals surface area (Å²) in [6.07, 6.45) is 4.81. The Bertz CT molecular complexity index is 120. The molecule has 0 heterocycles. The van der Waals surface area contributed by atoms with E-state index in [1.807, 2.05) is 13.8 Å². The average molecular weight is 172 g/mol. The van der Waals surface area contributed by atoms with Crippen molar-refractivity contribution in [3.63, 3.8) is 0 Å². The molecule has 1 saturated carbocycles. The first-order valence-electron chi connectivity index (χ1n) is 4.81. The highest BCUT2D eigenvalue weighted by Crippen LogP contribution is 2.17. The van der Waals surface area contributed by atoms with Crippen molar-refractivity contribution < 1.29 is 4.79 Å². The Hall–Kier alpha value is -0.730. The SMILES string of the molecule is CC.CNC(=O)NC1CCCC1. The van der Waals surface area contributed by atoms with Crippen molar-refractivity contribution in [2.45, 2.75) is 45.6 Å². The third-order valence-corrected chi connectivity index (χ3v) is 1.92. The Morgan fingerprint density at radius 1 is 1.25 bits per heavy atom. The summed E-state index contributed by atoms with van der Waals surface area (Å²) < 4.78 is 0. The van der Waals surface area contributed by atoms with Crippen LogP contribution in [0.15, 0.2) is 0 Å². The van der Waals surface area contributed by atoms with Gasteiger partial charge < -0.3 is 10.6 Å². The van der Waals surface area contributed by atoms with Gasteiger partial charge in [-0.2, -0.15) is 0 Å². The third kappa shape index (κ3) is 4.21. The molecule has 0 aliphatic heterocycles. The lowest BCUT2D eigenvalue weighted by molar-refractivity contribution is 0.239. The zero-order valence-corrected chi connectivity index (χ0v) is 8.31. The standard InChI is InChI=1S/C7H14N2O.C2H6/c1-8-7(10)9-6-4-2-3-5-6;1-2/h6H,2-5H2,1H3,(H2,8,9,10);1-2H3. The molecule has 0 aromatic heterocycles. The van der Waals surface area contributed by atoms with Crippen LogP contribution >= 0.6 is 0 Å². The highest BCUT2D eigenvalue weighted by atomic mass is 16.2. The maximum Gasteiger partial charge on any atom is 0.314 e. The van der Waals surface area contributed by atoms with Crippen LogP contribution in [0.5, 0.6) is 0 Å². The predicted octanol–water partition coefficient (Wildman–Crippen LogP) is 1.88. The zero-order valence-electron chi connectivity index (χ0n) is 8.31. The fraction of sp³-hybridized carbons (Fsp3) is 0.889. The molecular formula is C9H20N2O. The molecule has 1 aliphatic rings. The molecular weight excluding hydrogens is 152 g/mol. The molecule has 0 aromatic carbocycles. The molecule has 0 radical (unpaired) electrons. The first-order valence-corrected chi connectivity index (χ1v) is 4.81. The molecule has 3 heteroatoms. The summed E-state index contributed by atoms with van der Waals surface area (Å²) in [5, 5.41) is 5.42.